The van der Waals surface area contributed by atoms with E-state index in [4.69, 9.17) is 15.3 Å². The standard InChI is InChI=1S/2C18H34O2.C8H16O2/c2*1-2-3-4-5-6-7-8-9-10-11-12-13-14-15-16-17-18(19)20;1-2-3-4-5-6-7-8(9)10/h2*9-10H,2-8,11-17H2,1H3,(H,19,20);2-7H2,1H3,(H,9,10). The molecule has 0 saturated heterocycles. The summed E-state index contributed by atoms with van der Waals surface area (Å²) in [6.07, 6.45) is 48.4. The summed E-state index contributed by atoms with van der Waals surface area (Å²) in [7, 11) is 0. The summed E-state index contributed by atoms with van der Waals surface area (Å²) in [5.41, 5.74) is 0. The molecule has 0 aliphatic heterocycles. The number of aliphatic carboxylic acids is 3. The lowest BCUT2D eigenvalue weighted by atomic mass is 10.1. The van der Waals surface area contributed by atoms with E-state index in [2.05, 4.69) is 45.1 Å². The van der Waals surface area contributed by atoms with Gasteiger partial charge < -0.3 is 15.3 Å². The number of rotatable bonds is 36. The molecule has 0 saturated carbocycles. The molecule has 50 heavy (non-hydrogen) atoms. The monoisotopic (exact) mass is 709 g/mol. The average molecular weight is 709 g/mol. The van der Waals surface area contributed by atoms with Crippen LogP contribution in [0.1, 0.15) is 239 Å². The van der Waals surface area contributed by atoms with E-state index in [1.165, 1.54) is 161 Å². The second-order valence-corrected chi connectivity index (χ2v) is 14.0. The summed E-state index contributed by atoms with van der Waals surface area (Å²) >= 11 is 0. The first-order valence-corrected chi connectivity index (χ1v) is 21.3. The Morgan fingerprint density at radius 3 is 0.680 bits per heavy atom. The fourth-order valence-corrected chi connectivity index (χ4v) is 5.57. The highest BCUT2D eigenvalue weighted by Gasteiger charge is 1.97. The molecule has 6 heteroatoms. The van der Waals surface area contributed by atoms with Crippen LogP contribution in [0.2, 0.25) is 0 Å². The molecular formula is C44H84O6. The van der Waals surface area contributed by atoms with Crippen molar-refractivity contribution in [3.63, 3.8) is 0 Å². The van der Waals surface area contributed by atoms with Crippen molar-refractivity contribution in [2.75, 3.05) is 0 Å². The van der Waals surface area contributed by atoms with E-state index in [-0.39, 0.29) is 0 Å². The van der Waals surface area contributed by atoms with Gasteiger partial charge in [-0.05, 0) is 70.6 Å². The first-order valence-electron chi connectivity index (χ1n) is 21.3. The van der Waals surface area contributed by atoms with E-state index in [0.717, 1.165) is 38.5 Å². The van der Waals surface area contributed by atoms with Gasteiger partial charge >= 0.3 is 17.9 Å². The van der Waals surface area contributed by atoms with Gasteiger partial charge in [0, 0.05) is 19.3 Å². The molecule has 0 heterocycles. The van der Waals surface area contributed by atoms with Gasteiger partial charge in [-0.3, -0.25) is 14.4 Å². The molecule has 0 aliphatic rings. The molecule has 0 aliphatic carbocycles. The number of unbranched alkanes of at least 4 members (excludes halogenated alkanes) is 26. The van der Waals surface area contributed by atoms with Crippen molar-refractivity contribution in [2.45, 2.75) is 239 Å². The van der Waals surface area contributed by atoms with E-state index < -0.39 is 17.9 Å². The lowest BCUT2D eigenvalue weighted by Crippen LogP contribution is -1.93. The van der Waals surface area contributed by atoms with Gasteiger partial charge in [0.1, 0.15) is 0 Å². The SMILES string of the molecule is CCCCCCCC(=O)O.CCCCCCCCC=CCCCCCCCC(=O)O.CCCCCCCCC=CCCCCCCCC(=O)O. The zero-order valence-corrected chi connectivity index (χ0v) is 33.4. The van der Waals surface area contributed by atoms with Crippen LogP contribution in [0, 0.1) is 0 Å². The maximum absolute atomic E-state index is 10.3. The van der Waals surface area contributed by atoms with Crippen LogP contribution in [0.15, 0.2) is 24.3 Å². The van der Waals surface area contributed by atoms with E-state index >= 15 is 0 Å². The molecule has 0 rings (SSSR count). The van der Waals surface area contributed by atoms with Gasteiger partial charge in [-0.15, -0.1) is 0 Å². The van der Waals surface area contributed by atoms with Gasteiger partial charge in [-0.2, -0.15) is 0 Å². The summed E-state index contributed by atoms with van der Waals surface area (Å²) in [6.45, 7) is 6.67. The Morgan fingerprint density at radius 2 is 0.480 bits per heavy atom. The van der Waals surface area contributed by atoms with E-state index in [1.807, 2.05) is 0 Å². The quantitative estimate of drug-likeness (QED) is 0.0441. The molecule has 3 N–H and O–H groups in total. The first-order chi connectivity index (χ1) is 24.3. The molecule has 0 aromatic carbocycles. The van der Waals surface area contributed by atoms with Crippen LogP contribution in [0.25, 0.3) is 0 Å². The predicted octanol–water partition coefficient (Wildman–Crippen LogP) is 14.6. The van der Waals surface area contributed by atoms with Crippen molar-refractivity contribution in [3.8, 4) is 0 Å². The zero-order valence-electron chi connectivity index (χ0n) is 33.4. The molecule has 0 aromatic rings. The van der Waals surface area contributed by atoms with Crippen molar-refractivity contribution in [1.29, 1.82) is 0 Å². The highest BCUT2D eigenvalue weighted by Crippen LogP contribution is 2.11. The third kappa shape index (κ3) is 61.1. The van der Waals surface area contributed by atoms with Gasteiger partial charge in [-0.1, -0.05) is 173 Å². The van der Waals surface area contributed by atoms with Crippen LogP contribution in [0.5, 0.6) is 0 Å². The third-order valence-electron chi connectivity index (χ3n) is 8.80. The molecule has 0 aromatic heterocycles. The molecular weight excluding hydrogens is 624 g/mol. The number of hydrogen-bond donors (Lipinski definition) is 3. The Kier molecular flexibility index (Phi) is 51.2. The second-order valence-electron chi connectivity index (χ2n) is 14.0. The average Bonchev–Trinajstić information content (AvgIpc) is 3.08. The van der Waals surface area contributed by atoms with Crippen LogP contribution < -0.4 is 0 Å². The van der Waals surface area contributed by atoms with Crippen LogP contribution in [0.3, 0.4) is 0 Å². The maximum atomic E-state index is 10.3. The molecule has 0 radical (unpaired) electrons. The van der Waals surface area contributed by atoms with E-state index in [0.29, 0.717) is 19.3 Å². The van der Waals surface area contributed by atoms with Crippen molar-refractivity contribution >= 4 is 17.9 Å². The minimum atomic E-state index is -0.670. The molecule has 0 spiro atoms. The number of carboxylic acids is 3. The summed E-state index contributed by atoms with van der Waals surface area (Å²) in [5.74, 6) is -2.00. The first kappa shape index (κ1) is 52.3. The number of carbonyl (C=O) groups is 3. The van der Waals surface area contributed by atoms with Gasteiger partial charge in [-0.25, -0.2) is 0 Å². The van der Waals surface area contributed by atoms with Crippen LogP contribution >= 0.6 is 0 Å². The van der Waals surface area contributed by atoms with Gasteiger partial charge in [0.05, 0.1) is 0 Å². The Labute approximate surface area is 310 Å². The Balaban J connectivity index is -0.000000701. The minimum Gasteiger partial charge on any atom is -0.481 e. The van der Waals surface area contributed by atoms with Crippen molar-refractivity contribution in [2.24, 2.45) is 0 Å². The van der Waals surface area contributed by atoms with E-state index in [1.54, 1.807) is 0 Å². The number of allylic oxidation sites excluding steroid dienone is 4. The lowest BCUT2D eigenvalue weighted by Gasteiger charge is -1.99. The maximum Gasteiger partial charge on any atom is 0.303 e. The fourth-order valence-electron chi connectivity index (χ4n) is 5.57. The normalized spacial score (nSPS) is 10.9. The number of hydrogen-bond acceptors (Lipinski definition) is 3. The van der Waals surface area contributed by atoms with Crippen LogP contribution in [0.4, 0.5) is 0 Å². The third-order valence-corrected chi connectivity index (χ3v) is 8.80. The highest BCUT2D eigenvalue weighted by molar-refractivity contribution is 5.67. The summed E-state index contributed by atoms with van der Waals surface area (Å²) in [4.78, 5) is 30.7. The van der Waals surface area contributed by atoms with Crippen molar-refractivity contribution < 1.29 is 29.7 Å². The minimum absolute atomic E-state index is 0.332. The van der Waals surface area contributed by atoms with Crippen LogP contribution in [-0.4, -0.2) is 33.2 Å². The molecule has 0 unspecified atom stereocenters. The van der Waals surface area contributed by atoms with Gasteiger partial charge in [0.25, 0.3) is 0 Å². The Morgan fingerprint density at radius 1 is 0.300 bits per heavy atom. The zero-order chi connectivity index (χ0) is 37.6. The molecule has 0 atom stereocenters. The summed E-state index contributed by atoms with van der Waals surface area (Å²) < 4.78 is 0. The van der Waals surface area contributed by atoms with Gasteiger partial charge in [0.15, 0.2) is 0 Å². The summed E-state index contributed by atoms with van der Waals surface area (Å²) in [5, 5.41) is 25.3. The smallest absolute Gasteiger partial charge is 0.303 e. The van der Waals surface area contributed by atoms with Gasteiger partial charge in [0.2, 0.25) is 0 Å². The second kappa shape index (κ2) is 49.0. The van der Waals surface area contributed by atoms with Crippen LogP contribution in [-0.2, 0) is 14.4 Å². The predicted molar refractivity (Wildman–Crippen MR) is 215 cm³/mol. The Bertz CT molecular complexity index is 695. The van der Waals surface area contributed by atoms with E-state index in [9.17, 15) is 14.4 Å². The molecule has 0 amide bonds. The molecule has 296 valence electrons. The largest absolute Gasteiger partial charge is 0.481 e. The molecule has 0 bridgehead atoms. The van der Waals surface area contributed by atoms with Crippen molar-refractivity contribution in [3.05, 3.63) is 24.3 Å². The fraction of sp³-hybridized carbons (Fsp3) is 0.841. The number of carboxylic acid groups (broad SMARTS) is 3. The summed E-state index contributed by atoms with van der Waals surface area (Å²) in [6, 6.07) is 0. The molecule has 6 nitrogen and oxygen atoms in total. The lowest BCUT2D eigenvalue weighted by molar-refractivity contribution is -0.138. The topological polar surface area (TPSA) is 112 Å². The highest BCUT2D eigenvalue weighted by atomic mass is 16.4. The molecule has 0 fully saturated rings. The van der Waals surface area contributed by atoms with Crippen molar-refractivity contribution in [1.82, 2.24) is 0 Å². The Hall–Kier alpha value is -2.11.